The highest BCUT2D eigenvalue weighted by atomic mass is 28.3. The number of benzene rings is 1. The summed E-state index contributed by atoms with van der Waals surface area (Å²) in [6.45, 7) is 11.7. The van der Waals surface area contributed by atoms with Crippen LogP contribution >= 0.6 is 0 Å². The molecule has 1 aromatic rings. The molecule has 0 fully saturated rings. The zero-order chi connectivity index (χ0) is 14.8. The SMILES string of the molecule is CC[Si](CC)(c1ccccc1)C1C=CC(C(C)(C)C)=C1. The Balaban J connectivity index is 2.42. The van der Waals surface area contributed by atoms with E-state index in [9.17, 15) is 0 Å². The zero-order valence-electron chi connectivity index (χ0n) is 13.6. The second kappa shape index (κ2) is 5.73. The van der Waals surface area contributed by atoms with Gasteiger partial charge in [-0.25, -0.2) is 0 Å². The molecule has 108 valence electrons. The first-order valence-electron chi connectivity index (χ1n) is 7.90. The van der Waals surface area contributed by atoms with Crippen LogP contribution in [0.3, 0.4) is 0 Å². The van der Waals surface area contributed by atoms with Crippen molar-refractivity contribution in [3.05, 3.63) is 54.1 Å². The summed E-state index contributed by atoms with van der Waals surface area (Å²) in [5, 5.41) is 1.62. The first-order chi connectivity index (χ1) is 9.44. The summed E-state index contributed by atoms with van der Waals surface area (Å²) in [4.78, 5) is 0. The quantitative estimate of drug-likeness (QED) is 0.659. The average molecular weight is 285 g/mol. The second-order valence-corrected chi connectivity index (χ2v) is 12.0. The molecule has 0 saturated carbocycles. The molecule has 1 unspecified atom stereocenters. The average Bonchev–Trinajstić information content (AvgIpc) is 2.92. The van der Waals surface area contributed by atoms with Gasteiger partial charge in [-0.3, -0.25) is 0 Å². The number of hydrogen-bond acceptors (Lipinski definition) is 0. The van der Waals surface area contributed by atoms with Gasteiger partial charge in [0.2, 0.25) is 0 Å². The van der Waals surface area contributed by atoms with Crippen molar-refractivity contribution in [2.45, 2.75) is 52.2 Å². The van der Waals surface area contributed by atoms with Crippen LogP contribution in [0, 0.1) is 5.41 Å². The van der Waals surface area contributed by atoms with Crippen molar-refractivity contribution in [2.75, 3.05) is 0 Å². The predicted octanol–water partition coefficient (Wildman–Crippen LogP) is 5.29. The minimum Gasteiger partial charge on any atom is -0.0797 e. The fraction of sp³-hybridized carbons (Fsp3) is 0.474. The third-order valence-electron chi connectivity index (χ3n) is 4.96. The summed E-state index contributed by atoms with van der Waals surface area (Å²) in [5.74, 6) is 0. The highest BCUT2D eigenvalue weighted by Gasteiger charge is 2.39. The van der Waals surface area contributed by atoms with Gasteiger partial charge in [-0.15, -0.1) is 0 Å². The summed E-state index contributed by atoms with van der Waals surface area (Å²) in [7, 11) is -1.47. The summed E-state index contributed by atoms with van der Waals surface area (Å²) in [6.07, 6.45) is 7.42. The molecule has 1 heteroatoms. The molecule has 0 N–H and O–H groups in total. The zero-order valence-corrected chi connectivity index (χ0v) is 14.6. The summed E-state index contributed by atoms with van der Waals surface area (Å²) in [5.41, 5.74) is 2.44. The van der Waals surface area contributed by atoms with Crippen molar-refractivity contribution in [1.29, 1.82) is 0 Å². The molecule has 0 aromatic heterocycles. The van der Waals surface area contributed by atoms with Crippen molar-refractivity contribution in [2.24, 2.45) is 5.41 Å². The van der Waals surface area contributed by atoms with Crippen molar-refractivity contribution in [3.63, 3.8) is 0 Å². The van der Waals surface area contributed by atoms with Crippen molar-refractivity contribution in [1.82, 2.24) is 0 Å². The molecule has 2 rings (SSSR count). The van der Waals surface area contributed by atoms with E-state index >= 15 is 0 Å². The van der Waals surface area contributed by atoms with Gasteiger partial charge in [0, 0.05) is 0 Å². The molecule has 20 heavy (non-hydrogen) atoms. The Morgan fingerprint density at radius 2 is 1.60 bits per heavy atom. The van der Waals surface area contributed by atoms with Crippen LogP contribution < -0.4 is 5.19 Å². The van der Waals surface area contributed by atoms with E-state index < -0.39 is 8.07 Å². The summed E-state index contributed by atoms with van der Waals surface area (Å²) >= 11 is 0. The summed E-state index contributed by atoms with van der Waals surface area (Å²) in [6, 6.07) is 13.9. The molecule has 0 spiro atoms. The van der Waals surface area contributed by atoms with Crippen LogP contribution in [0.1, 0.15) is 34.6 Å². The van der Waals surface area contributed by atoms with Crippen molar-refractivity contribution in [3.8, 4) is 0 Å². The van der Waals surface area contributed by atoms with Crippen LogP contribution in [-0.2, 0) is 0 Å². The molecule has 0 bridgehead atoms. The Morgan fingerprint density at radius 3 is 2.05 bits per heavy atom. The molecule has 0 nitrogen and oxygen atoms in total. The van der Waals surface area contributed by atoms with Gasteiger partial charge in [-0.1, -0.05) is 100 Å². The van der Waals surface area contributed by atoms with Gasteiger partial charge in [-0.05, 0) is 16.5 Å². The van der Waals surface area contributed by atoms with Gasteiger partial charge in [0.15, 0.2) is 0 Å². The Labute approximate surface area is 125 Å². The summed E-state index contributed by atoms with van der Waals surface area (Å²) < 4.78 is 0. The molecule has 0 amide bonds. The van der Waals surface area contributed by atoms with Crippen LogP contribution in [0.4, 0.5) is 0 Å². The lowest BCUT2D eigenvalue weighted by atomic mass is 9.87. The van der Waals surface area contributed by atoms with Gasteiger partial charge in [0.05, 0.1) is 8.07 Å². The van der Waals surface area contributed by atoms with E-state index in [0.717, 1.165) is 0 Å². The van der Waals surface area contributed by atoms with E-state index in [1.807, 2.05) is 0 Å². The molecule has 0 radical (unpaired) electrons. The second-order valence-electron chi connectivity index (χ2n) is 6.99. The minimum atomic E-state index is -1.47. The Hall–Kier alpha value is -1.08. The fourth-order valence-electron chi connectivity index (χ4n) is 3.45. The monoisotopic (exact) mass is 284 g/mol. The smallest absolute Gasteiger partial charge is 0.0797 e. The maximum Gasteiger partial charge on any atom is 0.0966 e. The number of rotatable bonds is 4. The van der Waals surface area contributed by atoms with Gasteiger partial charge in [-0.2, -0.15) is 0 Å². The predicted molar refractivity (Wildman–Crippen MR) is 93.2 cm³/mol. The molecular formula is C19H28Si. The lowest BCUT2D eigenvalue weighted by molar-refractivity contribution is 0.517. The first-order valence-corrected chi connectivity index (χ1v) is 10.4. The highest BCUT2D eigenvalue weighted by Crippen LogP contribution is 2.41. The van der Waals surface area contributed by atoms with Gasteiger partial charge in [0.1, 0.15) is 0 Å². The Morgan fingerprint density at radius 1 is 1.00 bits per heavy atom. The molecule has 0 saturated heterocycles. The molecule has 1 aromatic carbocycles. The lowest BCUT2D eigenvalue weighted by Gasteiger charge is -2.34. The molecule has 0 aliphatic heterocycles. The van der Waals surface area contributed by atoms with E-state index in [4.69, 9.17) is 0 Å². The Bertz CT molecular complexity index is 498. The molecule has 1 atom stereocenters. The van der Waals surface area contributed by atoms with Crippen molar-refractivity contribution < 1.29 is 0 Å². The fourth-order valence-corrected chi connectivity index (χ4v) is 7.91. The molecular weight excluding hydrogens is 256 g/mol. The van der Waals surface area contributed by atoms with Gasteiger partial charge in [0.25, 0.3) is 0 Å². The number of allylic oxidation sites excluding steroid dienone is 4. The van der Waals surface area contributed by atoms with E-state index in [0.29, 0.717) is 5.54 Å². The topological polar surface area (TPSA) is 0 Å². The highest BCUT2D eigenvalue weighted by molar-refractivity contribution is 6.93. The van der Waals surface area contributed by atoms with Crippen LogP contribution in [0.5, 0.6) is 0 Å². The third kappa shape index (κ3) is 2.69. The van der Waals surface area contributed by atoms with Crippen LogP contribution in [-0.4, -0.2) is 8.07 Å². The minimum absolute atomic E-state index is 0.267. The largest absolute Gasteiger partial charge is 0.0966 e. The van der Waals surface area contributed by atoms with Crippen molar-refractivity contribution >= 4 is 13.3 Å². The normalized spacial score (nSPS) is 19.2. The van der Waals surface area contributed by atoms with E-state index in [-0.39, 0.29) is 5.41 Å². The lowest BCUT2D eigenvalue weighted by Crippen LogP contribution is -2.49. The van der Waals surface area contributed by atoms with Crippen LogP contribution in [0.15, 0.2) is 54.1 Å². The maximum atomic E-state index is 2.56. The van der Waals surface area contributed by atoms with Gasteiger partial charge < -0.3 is 0 Å². The standard InChI is InChI=1S/C19H28Si/c1-6-20(7-2,17-11-9-8-10-12-17)18-14-13-16(15-18)19(3,4)5/h8-15,18H,6-7H2,1-5H3. The van der Waals surface area contributed by atoms with Crippen LogP contribution in [0.2, 0.25) is 17.6 Å². The molecule has 0 heterocycles. The Kier molecular flexibility index (Phi) is 4.39. The molecule has 1 aliphatic rings. The van der Waals surface area contributed by atoms with E-state index in [1.165, 1.54) is 17.7 Å². The maximum absolute atomic E-state index is 2.56. The third-order valence-corrected chi connectivity index (χ3v) is 10.6. The van der Waals surface area contributed by atoms with Crippen LogP contribution in [0.25, 0.3) is 0 Å². The van der Waals surface area contributed by atoms with E-state index in [2.05, 4.69) is 83.2 Å². The first kappa shape index (κ1) is 15.3. The molecule has 1 aliphatic carbocycles. The van der Waals surface area contributed by atoms with E-state index in [1.54, 1.807) is 5.19 Å². The van der Waals surface area contributed by atoms with Gasteiger partial charge >= 0.3 is 0 Å². The number of hydrogen-bond donors (Lipinski definition) is 0.